The van der Waals surface area contributed by atoms with Crippen LogP contribution in [0, 0.1) is 0 Å². The third kappa shape index (κ3) is 2.33. The van der Waals surface area contributed by atoms with E-state index in [-0.39, 0.29) is 6.04 Å². The van der Waals surface area contributed by atoms with Gasteiger partial charge in [0.2, 0.25) is 0 Å². The third-order valence-electron chi connectivity index (χ3n) is 2.12. The predicted octanol–water partition coefficient (Wildman–Crippen LogP) is 3.81. The van der Waals surface area contributed by atoms with Crippen LogP contribution in [-0.2, 0) is 0 Å². The van der Waals surface area contributed by atoms with Crippen molar-refractivity contribution in [2.75, 3.05) is 0 Å². The Balaban J connectivity index is 2.37. The summed E-state index contributed by atoms with van der Waals surface area (Å²) in [4.78, 5) is 6.44. The van der Waals surface area contributed by atoms with Crippen LogP contribution in [0.2, 0.25) is 10.0 Å². The molecule has 3 nitrogen and oxygen atoms in total. The van der Waals surface area contributed by atoms with E-state index in [1.807, 2.05) is 6.07 Å². The Bertz CT molecular complexity index is 473. The highest BCUT2D eigenvalue weighted by atomic mass is 35.5. The highest BCUT2D eigenvalue weighted by molar-refractivity contribution is 6.42. The molecule has 0 aliphatic heterocycles. The number of halogens is 3. The molecule has 1 heterocycles. The summed E-state index contributed by atoms with van der Waals surface area (Å²) in [5.41, 5.74) is 0.848. The summed E-state index contributed by atoms with van der Waals surface area (Å²) in [6.45, 7) is 0. The van der Waals surface area contributed by atoms with E-state index in [9.17, 15) is 0 Å². The topological polar surface area (TPSA) is 38.1 Å². The highest BCUT2D eigenvalue weighted by Crippen LogP contribution is 2.28. The summed E-state index contributed by atoms with van der Waals surface area (Å²) in [7, 11) is 0. The molecule has 2 aromatic rings. The van der Waals surface area contributed by atoms with E-state index in [0.717, 1.165) is 5.56 Å². The highest BCUT2D eigenvalue weighted by Gasteiger charge is 2.17. The van der Waals surface area contributed by atoms with Crippen molar-refractivity contribution < 1.29 is 4.42 Å². The van der Waals surface area contributed by atoms with Crippen molar-refractivity contribution in [1.82, 2.24) is 9.82 Å². The first kappa shape index (κ1) is 11.7. The molecule has 0 aliphatic rings. The van der Waals surface area contributed by atoms with Gasteiger partial charge in [-0.15, -0.1) is 0 Å². The SMILES string of the molecule is ClNC(c1ccc(Cl)c(Cl)c1)c1cnco1. The molecule has 6 heteroatoms. The van der Waals surface area contributed by atoms with Gasteiger partial charge in [0.25, 0.3) is 0 Å². The molecule has 0 spiro atoms. The van der Waals surface area contributed by atoms with E-state index in [0.29, 0.717) is 15.8 Å². The lowest BCUT2D eigenvalue weighted by molar-refractivity contribution is 0.475. The molecule has 1 N–H and O–H groups in total. The van der Waals surface area contributed by atoms with Crippen LogP contribution in [-0.4, -0.2) is 4.98 Å². The first-order chi connectivity index (χ1) is 7.72. The molecule has 2 rings (SSSR count). The summed E-state index contributed by atoms with van der Waals surface area (Å²) >= 11 is 17.4. The van der Waals surface area contributed by atoms with Crippen molar-refractivity contribution in [2.45, 2.75) is 6.04 Å². The first-order valence-electron chi connectivity index (χ1n) is 4.42. The van der Waals surface area contributed by atoms with Crippen molar-refractivity contribution in [3.8, 4) is 0 Å². The van der Waals surface area contributed by atoms with Gasteiger partial charge in [-0.1, -0.05) is 29.3 Å². The van der Waals surface area contributed by atoms with Crippen LogP contribution in [0.15, 0.2) is 35.2 Å². The molecule has 1 aromatic heterocycles. The number of nitrogens with one attached hydrogen (secondary N) is 1. The molecular formula is C10H7Cl3N2O. The number of oxazole rings is 1. The molecule has 0 saturated carbocycles. The van der Waals surface area contributed by atoms with Gasteiger partial charge in [0.1, 0.15) is 11.8 Å². The number of hydrogen-bond donors (Lipinski definition) is 1. The fourth-order valence-electron chi connectivity index (χ4n) is 1.34. The number of aromatic nitrogens is 1. The lowest BCUT2D eigenvalue weighted by Gasteiger charge is -2.12. The Hall–Kier alpha value is -0.740. The Morgan fingerprint density at radius 2 is 2.06 bits per heavy atom. The minimum atomic E-state index is -0.307. The van der Waals surface area contributed by atoms with Gasteiger partial charge in [-0.3, -0.25) is 0 Å². The van der Waals surface area contributed by atoms with Crippen LogP contribution >= 0.6 is 35.0 Å². The quantitative estimate of drug-likeness (QED) is 0.867. The van der Waals surface area contributed by atoms with Crippen LogP contribution in [0.5, 0.6) is 0 Å². The zero-order valence-corrected chi connectivity index (χ0v) is 10.2. The molecule has 0 aliphatic carbocycles. The number of hydrogen-bond acceptors (Lipinski definition) is 3. The van der Waals surface area contributed by atoms with Crippen molar-refractivity contribution in [1.29, 1.82) is 0 Å². The van der Waals surface area contributed by atoms with E-state index in [1.165, 1.54) is 6.39 Å². The molecular weight excluding hydrogens is 270 g/mol. The maximum Gasteiger partial charge on any atom is 0.180 e. The standard InChI is InChI=1S/C10H7Cl3N2O/c11-7-2-1-6(3-8(7)12)10(15-13)9-4-14-5-16-9/h1-5,10,15H. The third-order valence-corrected chi connectivity index (χ3v) is 3.08. The molecule has 84 valence electrons. The van der Waals surface area contributed by atoms with Gasteiger partial charge >= 0.3 is 0 Å². The Morgan fingerprint density at radius 3 is 2.62 bits per heavy atom. The maximum atomic E-state index is 5.93. The van der Waals surface area contributed by atoms with E-state index in [4.69, 9.17) is 39.4 Å². The van der Waals surface area contributed by atoms with Crippen molar-refractivity contribution in [3.63, 3.8) is 0 Å². The molecule has 0 bridgehead atoms. The smallest absolute Gasteiger partial charge is 0.180 e. The average Bonchev–Trinajstić information content (AvgIpc) is 2.78. The minimum Gasteiger partial charge on any atom is -0.446 e. The monoisotopic (exact) mass is 276 g/mol. The lowest BCUT2D eigenvalue weighted by atomic mass is 10.1. The summed E-state index contributed by atoms with van der Waals surface area (Å²) in [5, 5.41) is 0.965. The second-order valence-corrected chi connectivity index (χ2v) is 4.15. The fraction of sp³-hybridized carbons (Fsp3) is 0.100. The summed E-state index contributed by atoms with van der Waals surface area (Å²) in [6, 6.07) is 4.94. The molecule has 0 radical (unpaired) electrons. The fourth-order valence-corrected chi connectivity index (χ4v) is 1.88. The normalized spacial score (nSPS) is 12.7. The Labute approximate surface area is 107 Å². The van der Waals surface area contributed by atoms with Crippen molar-refractivity contribution >= 4 is 35.0 Å². The number of rotatable bonds is 3. The summed E-state index contributed by atoms with van der Waals surface area (Å²) in [6.07, 6.45) is 2.93. The molecule has 1 aromatic carbocycles. The van der Waals surface area contributed by atoms with Crippen LogP contribution < -0.4 is 4.84 Å². The van der Waals surface area contributed by atoms with E-state index in [1.54, 1.807) is 18.3 Å². The van der Waals surface area contributed by atoms with Gasteiger partial charge in [-0.25, -0.2) is 9.82 Å². The minimum absolute atomic E-state index is 0.307. The van der Waals surface area contributed by atoms with Crippen LogP contribution in [0.3, 0.4) is 0 Å². The van der Waals surface area contributed by atoms with Crippen LogP contribution in [0.1, 0.15) is 17.4 Å². The van der Waals surface area contributed by atoms with E-state index < -0.39 is 0 Å². The van der Waals surface area contributed by atoms with Crippen LogP contribution in [0.4, 0.5) is 0 Å². The molecule has 1 atom stereocenters. The average molecular weight is 278 g/mol. The van der Waals surface area contributed by atoms with E-state index in [2.05, 4.69) is 9.82 Å². The molecule has 1 unspecified atom stereocenters. The van der Waals surface area contributed by atoms with E-state index >= 15 is 0 Å². The molecule has 0 fully saturated rings. The largest absolute Gasteiger partial charge is 0.446 e. The summed E-state index contributed by atoms with van der Waals surface area (Å²) < 4.78 is 5.18. The van der Waals surface area contributed by atoms with Gasteiger partial charge in [-0.05, 0) is 29.5 Å². The van der Waals surface area contributed by atoms with Crippen molar-refractivity contribution in [2.24, 2.45) is 0 Å². The van der Waals surface area contributed by atoms with Gasteiger partial charge in [-0.2, -0.15) is 0 Å². The van der Waals surface area contributed by atoms with Gasteiger partial charge < -0.3 is 4.42 Å². The lowest BCUT2D eigenvalue weighted by Crippen LogP contribution is -2.12. The number of benzene rings is 1. The molecule has 0 saturated heterocycles. The predicted molar refractivity (Wildman–Crippen MR) is 63.8 cm³/mol. The second-order valence-electron chi connectivity index (χ2n) is 3.12. The Morgan fingerprint density at radius 1 is 1.25 bits per heavy atom. The molecule has 0 amide bonds. The zero-order chi connectivity index (χ0) is 11.5. The van der Waals surface area contributed by atoms with Gasteiger partial charge in [0.05, 0.1) is 16.2 Å². The molecule has 16 heavy (non-hydrogen) atoms. The van der Waals surface area contributed by atoms with Crippen LogP contribution in [0.25, 0.3) is 0 Å². The summed E-state index contributed by atoms with van der Waals surface area (Å²) in [5.74, 6) is 0.605. The Kier molecular flexibility index (Phi) is 3.71. The second kappa shape index (κ2) is 5.06. The zero-order valence-electron chi connectivity index (χ0n) is 7.95. The number of nitrogens with zero attached hydrogens (tertiary/aromatic N) is 1. The van der Waals surface area contributed by atoms with Gasteiger partial charge in [0.15, 0.2) is 6.39 Å². The first-order valence-corrected chi connectivity index (χ1v) is 5.55. The van der Waals surface area contributed by atoms with Crippen molar-refractivity contribution in [3.05, 3.63) is 52.2 Å². The maximum absolute atomic E-state index is 5.93. The van der Waals surface area contributed by atoms with Gasteiger partial charge in [0, 0.05) is 0 Å².